The molecular weight excluding hydrogens is 174 g/mol. The van der Waals surface area contributed by atoms with Crippen molar-refractivity contribution in [3.8, 4) is 6.07 Å². The van der Waals surface area contributed by atoms with Gasteiger partial charge in [0.1, 0.15) is 0 Å². The van der Waals surface area contributed by atoms with Crippen LogP contribution in [0.4, 0.5) is 0 Å². The van der Waals surface area contributed by atoms with E-state index in [9.17, 15) is 0 Å². The number of rotatable bonds is 3. The summed E-state index contributed by atoms with van der Waals surface area (Å²) in [6.45, 7) is 2.08. The Hall–Kier alpha value is -1.59. The molecule has 0 saturated heterocycles. The summed E-state index contributed by atoms with van der Waals surface area (Å²) in [5.74, 6) is 0. The SMILES string of the molecule is Cc1ccc(C=CCCO)cc1C#N. The Kier molecular flexibility index (Phi) is 3.90. The third kappa shape index (κ3) is 2.72. The predicted molar refractivity (Wildman–Crippen MR) is 56.6 cm³/mol. The van der Waals surface area contributed by atoms with E-state index in [0.717, 1.165) is 11.1 Å². The van der Waals surface area contributed by atoms with Crippen LogP contribution >= 0.6 is 0 Å². The van der Waals surface area contributed by atoms with E-state index in [0.29, 0.717) is 12.0 Å². The summed E-state index contributed by atoms with van der Waals surface area (Å²) in [5.41, 5.74) is 2.70. The third-order valence-electron chi connectivity index (χ3n) is 1.99. The lowest BCUT2D eigenvalue weighted by molar-refractivity contribution is 0.303. The minimum Gasteiger partial charge on any atom is -0.396 e. The molecule has 1 N–H and O–H groups in total. The normalized spacial score (nSPS) is 10.4. The number of aryl methyl sites for hydroxylation is 1. The van der Waals surface area contributed by atoms with Gasteiger partial charge in [-0.1, -0.05) is 24.3 Å². The molecule has 1 aromatic carbocycles. The van der Waals surface area contributed by atoms with Crippen molar-refractivity contribution in [3.63, 3.8) is 0 Å². The molecule has 0 atom stereocenters. The van der Waals surface area contributed by atoms with Gasteiger partial charge in [-0.15, -0.1) is 0 Å². The van der Waals surface area contributed by atoms with Gasteiger partial charge in [-0.05, 0) is 30.5 Å². The van der Waals surface area contributed by atoms with Gasteiger partial charge < -0.3 is 5.11 Å². The van der Waals surface area contributed by atoms with Gasteiger partial charge >= 0.3 is 0 Å². The zero-order chi connectivity index (χ0) is 10.4. The summed E-state index contributed by atoms with van der Waals surface area (Å²) in [6.07, 6.45) is 4.46. The summed E-state index contributed by atoms with van der Waals surface area (Å²) >= 11 is 0. The van der Waals surface area contributed by atoms with E-state index in [1.54, 1.807) is 0 Å². The van der Waals surface area contributed by atoms with E-state index >= 15 is 0 Å². The molecule has 14 heavy (non-hydrogen) atoms. The Balaban J connectivity index is 2.86. The molecule has 0 fully saturated rings. The molecule has 2 heteroatoms. The molecule has 0 unspecified atom stereocenters. The Labute approximate surface area is 84.1 Å². The molecular formula is C12H13NO. The number of benzene rings is 1. The van der Waals surface area contributed by atoms with Crippen LogP contribution in [-0.2, 0) is 0 Å². The van der Waals surface area contributed by atoms with Gasteiger partial charge in [0.25, 0.3) is 0 Å². The fourth-order valence-electron chi connectivity index (χ4n) is 1.16. The number of aliphatic hydroxyl groups is 1. The number of hydrogen-bond donors (Lipinski definition) is 1. The Bertz CT molecular complexity index is 374. The van der Waals surface area contributed by atoms with E-state index in [2.05, 4.69) is 6.07 Å². The lowest BCUT2D eigenvalue weighted by atomic mass is 10.1. The Morgan fingerprint density at radius 2 is 2.29 bits per heavy atom. The second kappa shape index (κ2) is 5.21. The lowest BCUT2D eigenvalue weighted by Gasteiger charge is -1.98. The van der Waals surface area contributed by atoms with Gasteiger partial charge in [0, 0.05) is 6.61 Å². The van der Waals surface area contributed by atoms with Crippen LogP contribution in [0.2, 0.25) is 0 Å². The van der Waals surface area contributed by atoms with Crippen molar-refractivity contribution >= 4 is 6.08 Å². The molecule has 0 aromatic heterocycles. The van der Waals surface area contributed by atoms with Gasteiger partial charge in [0.05, 0.1) is 11.6 Å². The molecule has 0 saturated carbocycles. The van der Waals surface area contributed by atoms with Gasteiger partial charge in [0.2, 0.25) is 0 Å². The maximum Gasteiger partial charge on any atom is 0.0994 e. The van der Waals surface area contributed by atoms with E-state index in [1.165, 1.54) is 0 Å². The quantitative estimate of drug-likeness (QED) is 0.788. The van der Waals surface area contributed by atoms with Crippen molar-refractivity contribution in [1.29, 1.82) is 5.26 Å². The summed E-state index contributed by atoms with van der Waals surface area (Å²) in [6, 6.07) is 7.88. The minimum atomic E-state index is 0.160. The molecule has 0 amide bonds. The Morgan fingerprint density at radius 3 is 2.93 bits per heavy atom. The van der Waals surface area contributed by atoms with Crippen LogP contribution < -0.4 is 0 Å². The summed E-state index contributed by atoms with van der Waals surface area (Å²) in [5, 5.41) is 17.4. The van der Waals surface area contributed by atoms with Gasteiger partial charge in [-0.2, -0.15) is 5.26 Å². The van der Waals surface area contributed by atoms with E-state index < -0.39 is 0 Å². The highest BCUT2D eigenvalue weighted by Gasteiger charge is 1.96. The molecule has 0 spiro atoms. The fraction of sp³-hybridized carbons (Fsp3) is 0.250. The molecule has 0 aliphatic carbocycles. The molecule has 1 aromatic rings. The first-order chi connectivity index (χ1) is 6.77. The molecule has 72 valence electrons. The van der Waals surface area contributed by atoms with Crippen molar-refractivity contribution in [2.75, 3.05) is 6.61 Å². The smallest absolute Gasteiger partial charge is 0.0994 e. The molecule has 0 aliphatic rings. The zero-order valence-electron chi connectivity index (χ0n) is 8.20. The van der Waals surface area contributed by atoms with Gasteiger partial charge in [0.15, 0.2) is 0 Å². The predicted octanol–water partition coefficient (Wildman–Crippen LogP) is 2.26. The number of nitrogens with zero attached hydrogens (tertiary/aromatic N) is 1. The second-order valence-electron chi connectivity index (χ2n) is 3.10. The van der Waals surface area contributed by atoms with E-state index in [1.807, 2.05) is 37.3 Å². The Morgan fingerprint density at radius 1 is 1.50 bits per heavy atom. The number of aliphatic hydroxyl groups excluding tert-OH is 1. The van der Waals surface area contributed by atoms with Crippen LogP contribution in [0, 0.1) is 18.3 Å². The van der Waals surface area contributed by atoms with Crippen LogP contribution in [0.1, 0.15) is 23.1 Å². The van der Waals surface area contributed by atoms with E-state index in [4.69, 9.17) is 10.4 Å². The summed E-state index contributed by atoms with van der Waals surface area (Å²) in [4.78, 5) is 0. The molecule has 0 heterocycles. The molecule has 1 rings (SSSR count). The van der Waals surface area contributed by atoms with Gasteiger partial charge in [-0.25, -0.2) is 0 Å². The highest BCUT2D eigenvalue weighted by molar-refractivity contribution is 5.54. The van der Waals surface area contributed by atoms with Crippen molar-refractivity contribution < 1.29 is 5.11 Å². The van der Waals surface area contributed by atoms with E-state index in [-0.39, 0.29) is 6.61 Å². The van der Waals surface area contributed by atoms with Crippen LogP contribution in [0.15, 0.2) is 24.3 Å². The highest BCUT2D eigenvalue weighted by atomic mass is 16.2. The highest BCUT2D eigenvalue weighted by Crippen LogP contribution is 2.11. The third-order valence-corrected chi connectivity index (χ3v) is 1.99. The molecule has 2 nitrogen and oxygen atoms in total. The first-order valence-corrected chi connectivity index (χ1v) is 4.56. The molecule has 0 bridgehead atoms. The zero-order valence-corrected chi connectivity index (χ0v) is 8.20. The van der Waals surface area contributed by atoms with Crippen LogP contribution in [-0.4, -0.2) is 11.7 Å². The van der Waals surface area contributed by atoms with Crippen LogP contribution in [0.5, 0.6) is 0 Å². The second-order valence-corrected chi connectivity index (χ2v) is 3.10. The fourth-order valence-corrected chi connectivity index (χ4v) is 1.16. The largest absolute Gasteiger partial charge is 0.396 e. The minimum absolute atomic E-state index is 0.160. The molecule has 0 aliphatic heterocycles. The summed E-state index contributed by atoms with van der Waals surface area (Å²) in [7, 11) is 0. The molecule has 0 radical (unpaired) electrons. The van der Waals surface area contributed by atoms with Crippen molar-refractivity contribution in [1.82, 2.24) is 0 Å². The average Bonchev–Trinajstić information content (AvgIpc) is 2.21. The summed E-state index contributed by atoms with van der Waals surface area (Å²) < 4.78 is 0. The standard InChI is InChI=1S/C12H13NO/c1-10-5-6-11(4-2-3-7-14)8-12(10)9-13/h2,4-6,8,14H,3,7H2,1H3. The lowest BCUT2D eigenvalue weighted by Crippen LogP contribution is -1.83. The first-order valence-electron chi connectivity index (χ1n) is 4.56. The maximum absolute atomic E-state index is 8.80. The van der Waals surface area contributed by atoms with Crippen LogP contribution in [0.25, 0.3) is 6.08 Å². The van der Waals surface area contributed by atoms with Gasteiger partial charge in [-0.3, -0.25) is 0 Å². The van der Waals surface area contributed by atoms with Crippen molar-refractivity contribution in [2.24, 2.45) is 0 Å². The van der Waals surface area contributed by atoms with Crippen molar-refractivity contribution in [2.45, 2.75) is 13.3 Å². The average molecular weight is 187 g/mol. The monoisotopic (exact) mass is 187 g/mol. The van der Waals surface area contributed by atoms with Crippen molar-refractivity contribution in [3.05, 3.63) is 41.0 Å². The number of nitriles is 1. The van der Waals surface area contributed by atoms with Crippen LogP contribution in [0.3, 0.4) is 0 Å². The maximum atomic E-state index is 8.80. The number of hydrogen-bond acceptors (Lipinski definition) is 2. The first kappa shape index (κ1) is 10.5. The topological polar surface area (TPSA) is 44.0 Å².